The zero-order valence-corrected chi connectivity index (χ0v) is 16.7. The molecule has 0 bridgehead atoms. The van der Waals surface area contributed by atoms with Gasteiger partial charge < -0.3 is 20.3 Å². The minimum atomic E-state index is -1.04. The first-order chi connectivity index (χ1) is 15.0. The van der Waals surface area contributed by atoms with Crippen molar-refractivity contribution in [3.8, 4) is 11.1 Å². The number of anilines is 2. The number of hydrogen-bond acceptors (Lipinski definition) is 7. The first kappa shape index (κ1) is 19.0. The van der Waals surface area contributed by atoms with E-state index in [1.807, 2.05) is 37.4 Å². The summed E-state index contributed by atoms with van der Waals surface area (Å²) in [5.74, 6) is -0.169. The number of hydrazone groups is 1. The zero-order valence-electron chi connectivity index (χ0n) is 16.7. The van der Waals surface area contributed by atoms with E-state index >= 15 is 4.39 Å². The van der Waals surface area contributed by atoms with Crippen molar-refractivity contribution in [1.29, 1.82) is 0 Å². The Morgan fingerprint density at radius 2 is 1.90 bits per heavy atom. The van der Waals surface area contributed by atoms with Crippen molar-refractivity contribution in [2.45, 2.75) is 12.9 Å². The second-order valence-corrected chi connectivity index (χ2v) is 7.36. The van der Waals surface area contributed by atoms with Gasteiger partial charge in [-0.1, -0.05) is 30.3 Å². The first-order valence-corrected chi connectivity index (χ1v) is 9.69. The normalized spacial score (nSPS) is 15.9. The predicted octanol–water partition coefficient (Wildman–Crippen LogP) is 2.90. The number of halogens is 1. The summed E-state index contributed by atoms with van der Waals surface area (Å²) >= 11 is 0. The van der Waals surface area contributed by atoms with Crippen molar-refractivity contribution < 1.29 is 9.50 Å². The molecule has 3 N–H and O–H groups in total. The Morgan fingerprint density at radius 3 is 2.68 bits per heavy atom. The molecule has 9 heteroatoms. The largest absolute Gasteiger partial charge is 0.383 e. The summed E-state index contributed by atoms with van der Waals surface area (Å²) in [4.78, 5) is 9.94. The summed E-state index contributed by atoms with van der Waals surface area (Å²) in [5, 5.41) is 16.9. The summed E-state index contributed by atoms with van der Waals surface area (Å²) in [6.07, 6.45) is 3.67. The number of aromatic nitrogens is 3. The quantitative estimate of drug-likeness (QED) is 0.530. The molecule has 1 aliphatic heterocycles. The van der Waals surface area contributed by atoms with E-state index in [1.54, 1.807) is 34.1 Å². The van der Waals surface area contributed by atoms with E-state index in [9.17, 15) is 5.11 Å². The molecule has 1 atom stereocenters. The number of rotatable bonds is 4. The smallest absolute Gasteiger partial charge is 0.228 e. The van der Waals surface area contributed by atoms with Gasteiger partial charge >= 0.3 is 0 Å². The third-order valence-corrected chi connectivity index (χ3v) is 5.34. The maximum atomic E-state index is 15.2. The Labute approximate surface area is 177 Å². The molecule has 1 aliphatic rings. The minimum Gasteiger partial charge on any atom is -0.383 e. The molecule has 0 fully saturated rings. The Bertz CT molecular complexity index is 1290. The maximum absolute atomic E-state index is 15.2. The lowest BCUT2D eigenvalue weighted by atomic mass is 10.0. The fraction of sp³-hybridized carbons (Fsp3) is 0.136. The number of hydrogen-bond donors (Lipinski definition) is 2. The lowest BCUT2D eigenvalue weighted by Crippen LogP contribution is -2.39. The van der Waals surface area contributed by atoms with Crippen molar-refractivity contribution >= 4 is 28.9 Å². The van der Waals surface area contributed by atoms with Crippen LogP contribution < -0.4 is 10.7 Å². The summed E-state index contributed by atoms with van der Waals surface area (Å²) in [7, 11) is 1.82. The van der Waals surface area contributed by atoms with Gasteiger partial charge in [0.1, 0.15) is 29.9 Å². The van der Waals surface area contributed by atoms with Gasteiger partial charge in [-0.2, -0.15) is 5.10 Å². The van der Waals surface area contributed by atoms with Crippen LogP contribution >= 0.6 is 0 Å². The minimum absolute atomic E-state index is 0.292. The van der Waals surface area contributed by atoms with Crippen LogP contribution in [0.2, 0.25) is 0 Å². The monoisotopic (exact) mass is 417 g/mol. The second kappa shape index (κ2) is 7.37. The van der Waals surface area contributed by atoms with Gasteiger partial charge in [0.15, 0.2) is 0 Å². The molecule has 0 spiro atoms. The number of nitrogens with two attached hydrogens (primary N) is 1. The molecule has 0 aliphatic carbocycles. The molecule has 4 aromatic rings. The van der Waals surface area contributed by atoms with Crippen LogP contribution in [-0.4, -0.2) is 37.2 Å². The first-order valence-electron chi connectivity index (χ1n) is 9.69. The number of nitrogens with zero attached hydrogens (tertiary/aromatic N) is 6. The van der Waals surface area contributed by atoms with E-state index in [1.165, 1.54) is 17.4 Å². The lowest BCUT2D eigenvalue weighted by Gasteiger charge is -2.26. The van der Waals surface area contributed by atoms with Gasteiger partial charge in [0, 0.05) is 30.9 Å². The van der Waals surface area contributed by atoms with Crippen LogP contribution in [0.15, 0.2) is 66.2 Å². The molecule has 2 aromatic carbocycles. The number of aryl methyl sites for hydroxylation is 1. The van der Waals surface area contributed by atoms with Crippen molar-refractivity contribution in [3.63, 3.8) is 0 Å². The van der Waals surface area contributed by atoms with Crippen LogP contribution in [-0.2, 0) is 13.6 Å². The number of nitrogen functional groups attached to an aromatic ring is 1. The van der Waals surface area contributed by atoms with Gasteiger partial charge in [-0.05, 0) is 23.8 Å². The summed E-state index contributed by atoms with van der Waals surface area (Å²) < 4.78 is 16.9. The highest BCUT2D eigenvalue weighted by molar-refractivity contribution is 6.00. The number of aliphatic hydroxyl groups excluding tert-OH is 1. The van der Waals surface area contributed by atoms with Gasteiger partial charge in [0.2, 0.25) is 6.35 Å². The molecule has 0 radical (unpaired) electrons. The molecule has 0 saturated heterocycles. The van der Waals surface area contributed by atoms with Gasteiger partial charge in [-0.15, -0.1) is 0 Å². The fourth-order valence-corrected chi connectivity index (χ4v) is 3.80. The number of fused-ring (bicyclic) bond motifs is 1. The van der Waals surface area contributed by atoms with E-state index in [0.717, 1.165) is 5.56 Å². The topological polar surface area (TPSA) is 95.8 Å². The molecule has 3 heterocycles. The molecule has 0 saturated carbocycles. The Hall–Kier alpha value is -3.98. The van der Waals surface area contributed by atoms with Gasteiger partial charge in [-0.3, -0.25) is 0 Å². The van der Waals surface area contributed by atoms with Crippen molar-refractivity contribution in [2.75, 3.05) is 10.7 Å². The van der Waals surface area contributed by atoms with E-state index < -0.39 is 12.2 Å². The average Bonchev–Trinajstić information content (AvgIpc) is 3.30. The number of benzene rings is 2. The van der Waals surface area contributed by atoms with Gasteiger partial charge in [0.25, 0.3) is 0 Å². The second-order valence-electron chi connectivity index (χ2n) is 7.36. The highest BCUT2D eigenvalue weighted by Gasteiger charge is 2.28. The van der Waals surface area contributed by atoms with Gasteiger partial charge in [0.05, 0.1) is 11.1 Å². The van der Waals surface area contributed by atoms with Crippen LogP contribution in [0.3, 0.4) is 0 Å². The van der Waals surface area contributed by atoms with Crippen molar-refractivity contribution in [2.24, 2.45) is 12.1 Å². The molecule has 8 nitrogen and oxygen atoms in total. The third kappa shape index (κ3) is 3.24. The lowest BCUT2D eigenvalue weighted by molar-refractivity contribution is 0.0630. The van der Waals surface area contributed by atoms with Crippen LogP contribution in [0.5, 0.6) is 0 Å². The van der Waals surface area contributed by atoms with Crippen molar-refractivity contribution in [1.82, 2.24) is 19.4 Å². The fourth-order valence-electron chi connectivity index (χ4n) is 3.80. The van der Waals surface area contributed by atoms with E-state index in [2.05, 4.69) is 15.1 Å². The van der Waals surface area contributed by atoms with E-state index in [0.29, 0.717) is 40.2 Å². The average molecular weight is 417 g/mol. The molecule has 2 aromatic heterocycles. The SMILES string of the molecule is Cn1cc(-c2ccc(N3N=CN(Cc4ccccc4)C3O)cc2F)c2c(N)ncnc21. The van der Waals surface area contributed by atoms with Crippen LogP contribution in [0.1, 0.15) is 5.56 Å². The Kier molecular flexibility index (Phi) is 4.52. The zero-order chi connectivity index (χ0) is 21.5. The molecule has 0 amide bonds. The maximum Gasteiger partial charge on any atom is 0.228 e. The number of aliphatic hydroxyl groups is 1. The van der Waals surface area contributed by atoms with E-state index in [-0.39, 0.29) is 0 Å². The highest BCUT2D eigenvalue weighted by Crippen LogP contribution is 2.35. The summed E-state index contributed by atoms with van der Waals surface area (Å²) in [6, 6.07) is 14.5. The molecular weight excluding hydrogens is 397 g/mol. The van der Waals surface area contributed by atoms with Crippen molar-refractivity contribution in [3.05, 3.63) is 72.4 Å². The Morgan fingerprint density at radius 1 is 1.10 bits per heavy atom. The molecule has 5 rings (SSSR count). The van der Waals surface area contributed by atoms with E-state index in [4.69, 9.17) is 5.73 Å². The standard InChI is InChI=1S/C22H20FN7O/c1-28-11-17(19-20(24)25-12-26-21(19)28)16-8-7-15(9-18(16)23)30-22(31)29(13-27-30)10-14-5-3-2-4-6-14/h2-9,11-13,22,31H,10H2,1H3,(H2,24,25,26). The van der Waals surface area contributed by atoms with Crippen LogP contribution in [0.4, 0.5) is 15.9 Å². The molecule has 31 heavy (non-hydrogen) atoms. The molecule has 156 valence electrons. The molecule has 1 unspecified atom stereocenters. The molecular formula is C22H20FN7O. The predicted molar refractivity (Wildman–Crippen MR) is 117 cm³/mol. The summed E-state index contributed by atoms with van der Waals surface area (Å²) in [5.41, 5.74) is 9.10. The van der Waals surface area contributed by atoms with Crippen LogP contribution in [0.25, 0.3) is 22.2 Å². The summed E-state index contributed by atoms with van der Waals surface area (Å²) in [6.45, 7) is 0.484. The van der Waals surface area contributed by atoms with Crippen LogP contribution in [0, 0.1) is 5.82 Å². The van der Waals surface area contributed by atoms with Gasteiger partial charge in [-0.25, -0.2) is 19.4 Å². The Balaban J connectivity index is 1.44. The highest BCUT2D eigenvalue weighted by atomic mass is 19.1. The third-order valence-electron chi connectivity index (χ3n) is 5.34.